The van der Waals surface area contributed by atoms with E-state index in [1.807, 2.05) is 0 Å². The Morgan fingerprint density at radius 2 is 1.75 bits per heavy atom. The standard InChI is InChI=1S/C8H7Cl3O5/c1-4(2)6(13)15-3-5(12)16-7(14)8(9,10)11/h1,3H2,2H3. The molecule has 0 saturated heterocycles. The van der Waals surface area contributed by atoms with E-state index < -0.39 is 28.3 Å². The van der Waals surface area contributed by atoms with E-state index in [-0.39, 0.29) is 5.57 Å². The van der Waals surface area contributed by atoms with Gasteiger partial charge in [0.15, 0.2) is 6.61 Å². The summed E-state index contributed by atoms with van der Waals surface area (Å²) in [6, 6.07) is 0. The van der Waals surface area contributed by atoms with Gasteiger partial charge in [0.25, 0.3) is 3.79 Å². The van der Waals surface area contributed by atoms with E-state index in [0.717, 1.165) is 0 Å². The number of rotatable bonds is 3. The lowest BCUT2D eigenvalue weighted by molar-refractivity contribution is -0.165. The van der Waals surface area contributed by atoms with Gasteiger partial charge in [-0.1, -0.05) is 41.4 Å². The number of hydrogen-bond acceptors (Lipinski definition) is 5. The van der Waals surface area contributed by atoms with E-state index in [1.54, 1.807) is 0 Å². The van der Waals surface area contributed by atoms with Crippen molar-refractivity contribution < 1.29 is 23.9 Å². The summed E-state index contributed by atoms with van der Waals surface area (Å²) in [4.78, 5) is 32.6. The Morgan fingerprint density at radius 3 is 2.12 bits per heavy atom. The number of hydrogen-bond donors (Lipinski definition) is 0. The average molecular weight is 289 g/mol. The molecule has 0 heterocycles. The van der Waals surface area contributed by atoms with Crippen LogP contribution in [0.3, 0.4) is 0 Å². The molecule has 0 aromatic heterocycles. The third-order valence-corrected chi connectivity index (χ3v) is 1.57. The maximum Gasteiger partial charge on any atom is 0.366 e. The second-order valence-electron chi connectivity index (χ2n) is 2.62. The van der Waals surface area contributed by atoms with E-state index in [9.17, 15) is 14.4 Å². The summed E-state index contributed by atoms with van der Waals surface area (Å²) in [7, 11) is 0. The minimum absolute atomic E-state index is 0.0977. The van der Waals surface area contributed by atoms with Crippen molar-refractivity contribution in [3.63, 3.8) is 0 Å². The van der Waals surface area contributed by atoms with Crippen LogP contribution in [0.1, 0.15) is 6.92 Å². The molecule has 0 unspecified atom stereocenters. The summed E-state index contributed by atoms with van der Waals surface area (Å²) in [5.41, 5.74) is 0.0977. The summed E-state index contributed by atoms with van der Waals surface area (Å²) in [5.74, 6) is -3.31. The fraction of sp³-hybridized carbons (Fsp3) is 0.375. The average Bonchev–Trinajstić information content (AvgIpc) is 2.12. The zero-order valence-electron chi connectivity index (χ0n) is 8.09. The predicted octanol–water partition coefficient (Wildman–Crippen LogP) is 1.55. The number of halogens is 3. The molecule has 0 spiro atoms. The molecule has 0 aliphatic rings. The molecule has 0 fully saturated rings. The summed E-state index contributed by atoms with van der Waals surface area (Å²) >= 11 is 15.4. The normalized spacial score (nSPS) is 10.5. The maximum absolute atomic E-state index is 10.9. The van der Waals surface area contributed by atoms with Crippen molar-refractivity contribution in [1.29, 1.82) is 0 Å². The van der Waals surface area contributed by atoms with Gasteiger partial charge in [-0.3, -0.25) is 0 Å². The number of ether oxygens (including phenoxy) is 2. The highest BCUT2D eigenvalue weighted by Crippen LogP contribution is 2.27. The molecule has 0 rings (SSSR count). The Bertz CT molecular complexity index is 331. The molecule has 16 heavy (non-hydrogen) atoms. The second kappa shape index (κ2) is 6.08. The molecule has 5 nitrogen and oxygen atoms in total. The Hall–Kier alpha value is -0.780. The van der Waals surface area contributed by atoms with Crippen LogP contribution in [0.5, 0.6) is 0 Å². The third kappa shape index (κ3) is 5.95. The molecule has 0 atom stereocenters. The molecule has 0 N–H and O–H groups in total. The molecule has 8 heteroatoms. The lowest BCUT2D eigenvalue weighted by Crippen LogP contribution is -2.27. The first-order valence-electron chi connectivity index (χ1n) is 3.79. The molecule has 0 saturated carbocycles. The van der Waals surface area contributed by atoms with Gasteiger partial charge in [0, 0.05) is 5.57 Å². The van der Waals surface area contributed by atoms with Gasteiger partial charge in [0.1, 0.15) is 0 Å². The number of carbonyl (C=O) groups is 3. The topological polar surface area (TPSA) is 69.7 Å². The summed E-state index contributed by atoms with van der Waals surface area (Å²) in [5, 5.41) is 0. The van der Waals surface area contributed by atoms with E-state index in [2.05, 4.69) is 16.1 Å². The fourth-order valence-corrected chi connectivity index (χ4v) is 0.554. The summed E-state index contributed by atoms with van der Waals surface area (Å²) < 4.78 is 6.10. The molecule has 0 radical (unpaired) electrons. The minimum atomic E-state index is -2.35. The molecule has 0 aromatic carbocycles. The minimum Gasteiger partial charge on any atom is -0.450 e. The van der Waals surface area contributed by atoms with Crippen LogP contribution in [0, 0.1) is 0 Å². The van der Waals surface area contributed by atoms with Gasteiger partial charge < -0.3 is 9.47 Å². The van der Waals surface area contributed by atoms with Crippen LogP contribution in [0.2, 0.25) is 0 Å². The molecular weight excluding hydrogens is 282 g/mol. The summed E-state index contributed by atoms with van der Waals surface area (Å²) in [6.07, 6.45) is 0. The number of alkyl halides is 3. The molecule has 0 amide bonds. The Labute approximate surface area is 106 Å². The number of esters is 3. The SMILES string of the molecule is C=C(C)C(=O)OCC(=O)OC(=O)C(Cl)(Cl)Cl. The van der Waals surface area contributed by atoms with Crippen LogP contribution in [0.4, 0.5) is 0 Å². The molecule has 0 aromatic rings. The van der Waals surface area contributed by atoms with Crippen LogP contribution < -0.4 is 0 Å². The van der Waals surface area contributed by atoms with Gasteiger partial charge in [-0.25, -0.2) is 14.4 Å². The monoisotopic (exact) mass is 288 g/mol. The van der Waals surface area contributed by atoms with Crippen LogP contribution in [0.25, 0.3) is 0 Å². The van der Waals surface area contributed by atoms with Gasteiger partial charge in [-0.2, -0.15) is 0 Å². The van der Waals surface area contributed by atoms with Gasteiger partial charge in [-0.05, 0) is 6.92 Å². The van der Waals surface area contributed by atoms with Crippen molar-refractivity contribution in [3.05, 3.63) is 12.2 Å². The van der Waals surface area contributed by atoms with Gasteiger partial charge in [-0.15, -0.1) is 0 Å². The molecule has 90 valence electrons. The largest absolute Gasteiger partial charge is 0.450 e. The smallest absolute Gasteiger partial charge is 0.366 e. The molecule has 0 bridgehead atoms. The van der Waals surface area contributed by atoms with Gasteiger partial charge in [0.2, 0.25) is 0 Å². The summed E-state index contributed by atoms with van der Waals surface area (Å²) in [6.45, 7) is 3.90. The quantitative estimate of drug-likeness (QED) is 0.341. The van der Waals surface area contributed by atoms with Crippen molar-refractivity contribution in [2.45, 2.75) is 10.7 Å². The van der Waals surface area contributed by atoms with Crippen molar-refractivity contribution in [2.75, 3.05) is 6.61 Å². The zero-order valence-corrected chi connectivity index (χ0v) is 10.4. The third-order valence-electron chi connectivity index (χ3n) is 1.11. The van der Waals surface area contributed by atoms with E-state index in [4.69, 9.17) is 34.8 Å². The van der Waals surface area contributed by atoms with Crippen LogP contribution in [-0.4, -0.2) is 28.3 Å². The van der Waals surface area contributed by atoms with Crippen molar-refractivity contribution in [1.82, 2.24) is 0 Å². The van der Waals surface area contributed by atoms with Crippen molar-refractivity contribution in [3.8, 4) is 0 Å². The fourth-order valence-electron chi connectivity index (χ4n) is 0.438. The van der Waals surface area contributed by atoms with Crippen molar-refractivity contribution in [2.24, 2.45) is 0 Å². The second-order valence-corrected chi connectivity index (χ2v) is 4.90. The maximum atomic E-state index is 10.9. The van der Waals surface area contributed by atoms with Crippen molar-refractivity contribution >= 4 is 52.7 Å². The van der Waals surface area contributed by atoms with E-state index in [0.29, 0.717) is 0 Å². The van der Waals surface area contributed by atoms with E-state index >= 15 is 0 Å². The Morgan fingerprint density at radius 1 is 1.25 bits per heavy atom. The molecule has 0 aliphatic heterocycles. The lowest BCUT2D eigenvalue weighted by atomic mass is 10.4. The van der Waals surface area contributed by atoms with Crippen LogP contribution >= 0.6 is 34.8 Å². The Balaban J connectivity index is 4.07. The predicted molar refractivity (Wildman–Crippen MR) is 57.2 cm³/mol. The highest BCUT2D eigenvalue weighted by atomic mass is 35.6. The lowest BCUT2D eigenvalue weighted by Gasteiger charge is -2.09. The van der Waals surface area contributed by atoms with Gasteiger partial charge in [0.05, 0.1) is 0 Å². The number of carbonyl (C=O) groups excluding carboxylic acids is 3. The first-order chi connectivity index (χ1) is 7.14. The zero-order chi connectivity index (χ0) is 12.9. The van der Waals surface area contributed by atoms with Gasteiger partial charge >= 0.3 is 17.9 Å². The highest BCUT2D eigenvalue weighted by molar-refractivity contribution is 6.75. The van der Waals surface area contributed by atoms with E-state index in [1.165, 1.54) is 6.92 Å². The van der Waals surface area contributed by atoms with Crippen LogP contribution in [-0.2, 0) is 23.9 Å². The first kappa shape index (κ1) is 15.2. The highest BCUT2D eigenvalue weighted by Gasteiger charge is 2.34. The first-order valence-corrected chi connectivity index (χ1v) is 4.92. The Kier molecular flexibility index (Phi) is 5.78. The van der Waals surface area contributed by atoms with Crippen LogP contribution in [0.15, 0.2) is 12.2 Å². The molecular formula is C8H7Cl3O5. The molecule has 0 aliphatic carbocycles.